The molecular formula is C18H22N4O2. The minimum absolute atomic E-state index is 0.0863. The zero-order valence-corrected chi connectivity index (χ0v) is 13.9. The van der Waals surface area contributed by atoms with Gasteiger partial charge in [0, 0.05) is 19.5 Å². The van der Waals surface area contributed by atoms with Crippen LogP contribution in [0.2, 0.25) is 0 Å². The minimum atomic E-state index is -0.364. The zero-order chi connectivity index (χ0) is 16.7. The second-order valence-electron chi connectivity index (χ2n) is 6.80. The maximum Gasteiger partial charge on any atom is 0.346 e. The molecule has 4 rings (SSSR count). The molecule has 0 N–H and O–H groups in total. The van der Waals surface area contributed by atoms with Crippen LogP contribution in [0.3, 0.4) is 0 Å². The second kappa shape index (κ2) is 5.92. The largest absolute Gasteiger partial charge is 0.346 e. The molecule has 1 unspecified atom stereocenters. The number of aromatic nitrogens is 3. The van der Waals surface area contributed by atoms with Gasteiger partial charge in [-0.25, -0.2) is 9.48 Å². The third-order valence-corrected chi connectivity index (χ3v) is 5.05. The predicted molar refractivity (Wildman–Crippen MR) is 89.9 cm³/mol. The molecule has 6 heteroatoms. The molecule has 6 nitrogen and oxygen atoms in total. The lowest BCUT2D eigenvalue weighted by atomic mass is 10.1. The Morgan fingerprint density at radius 2 is 1.92 bits per heavy atom. The van der Waals surface area contributed by atoms with Gasteiger partial charge in [0.05, 0.1) is 6.54 Å². The van der Waals surface area contributed by atoms with Crippen LogP contribution in [0.1, 0.15) is 42.3 Å². The number of hydrogen-bond donors (Lipinski definition) is 0. The van der Waals surface area contributed by atoms with E-state index < -0.39 is 0 Å². The van der Waals surface area contributed by atoms with Crippen LogP contribution in [-0.4, -0.2) is 38.2 Å². The van der Waals surface area contributed by atoms with Gasteiger partial charge in [0.2, 0.25) is 5.91 Å². The molecule has 0 spiro atoms. The van der Waals surface area contributed by atoms with E-state index in [4.69, 9.17) is 0 Å². The molecule has 1 amide bonds. The molecule has 1 fully saturated rings. The first-order valence-corrected chi connectivity index (χ1v) is 8.66. The molecule has 1 atom stereocenters. The SMILES string of the molecule is Cc1ccc(Cn2nc3n(c2=O)C(C(=O)N2CCCC2)CC3)cc1. The number of amides is 1. The molecule has 1 aromatic heterocycles. The Hall–Kier alpha value is -2.37. The summed E-state index contributed by atoms with van der Waals surface area (Å²) in [4.78, 5) is 27.3. The van der Waals surface area contributed by atoms with Gasteiger partial charge in [-0.2, -0.15) is 5.10 Å². The highest BCUT2D eigenvalue weighted by Gasteiger charge is 2.35. The molecule has 1 aromatic carbocycles. The molecule has 0 radical (unpaired) electrons. The Morgan fingerprint density at radius 3 is 2.62 bits per heavy atom. The Kier molecular flexibility index (Phi) is 3.75. The number of nitrogens with zero attached hydrogens (tertiary/aromatic N) is 4. The number of carbonyl (C=O) groups is 1. The summed E-state index contributed by atoms with van der Waals surface area (Å²) in [5, 5.41) is 4.46. The van der Waals surface area contributed by atoms with Crippen LogP contribution < -0.4 is 5.69 Å². The van der Waals surface area contributed by atoms with Crippen molar-refractivity contribution in [2.75, 3.05) is 13.1 Å². The molecule has 3 heterocycles. The van der Waals surface area contributed by atoms with Crippen molar-refractivity contribution in [1.82, 2.24) is 19.2 Å². The third-order valence-electron chi connectivity index (χ3n) is 5.05. The van der Waals surface area contributed by atoms with Gasteiger partial charge < -0.3 is 4.90 Å². The molecule has 24 heavy (non-hydrogen) atoms. The fourth-order valence-electron chi connectivity index (χ4n) is 3.70. The van der Waals surface area contributed by atoms with Gasteiger partial charge in [0.25, 0.3) is 0 Å². The normalized spacial score (nSPS) is 19.7. The van der Waals surface area contributed by atoms with Crippen LogP contribution in [0.15, 0.2) is 29.1 Å². The fraction of sp³-hybridized carbons (Fsp3) is 0.500. The summed E-state index contributed by atoms with van der Waals surface area (Å²) in [5.41, 5.74) is 2.07. The molecule has 126 valence electrons. The second-order valence-corrected chi connectivity index (χ2v) is 6.80. The van der Waals surface area contributed by atoms with Gasteiger partial charge in [-0.05, 0) is 31.7 Å². The van der Waals surface area contributed by atoms with E-state index in [1.165, 1.54) is 10.2 Å². The maximum atomic E-state index is 12.8. The van der Waals surface area contributed by atoms with Crippen LogP contribution in [0.4, 0.5) is 0 Å². The van der Waals surface area contributed by atoms with E-state index in [9.17, 15) is 9.59 Å². The van der Waals surface area contributed by atoms with Gasteiger partial charge in [-0.3, -0.25) is 9.36 Å². The summed E-state index contributed by atoms with van der Waals surface area (Å²) in [6, 6.07) is 7.73. The molecule has 0 saturated carbocycles. The lowest BCUT2D eigenvalue weighted by Crippen LogP contribution is -2.38. The lowest BCUT2D eigenvalue weighted by Gasteiger charge is -2.20. The molecule has 2 aromatic rings. The van der Waals surface area contributed by atoms with E-state index >= 15 is 0 Å². The molecule has 2 aliphatic heterocycles. The van der Waals surface area contributed by atoms with Gasteiger partial charge in [-0.1, -0.05) is 29.8 Å². The quantitative estimate of drug-likeness (QED) is 0.859. The van der Waals surface area contributed by atoms with Crippen molar-refractivity contribution in [2.45, 2.75) is 45.2 Å². The van der Waals surface area contributed by atoms with Crippen LogP contribution in [-0.2, 0) is 17.8 Å². The van der Waals surface area contributed by atoms with Gasteiger partial charge in [-0.15, -0.1) is 0 Å². The van der Waals surface area contributed by atoms with E-state index in [0.29, 0.717) is 19.4 Å². The standard InChI is InChI=1S/C18H22N4O2/c1-13-4-6-14(7-5-13)12-21-18(24)22-15(8-9-16(22)19-21)17(23)20-10-2-3-11-20/h4-7,15H,2-3,8-12H2,1H3. The van der Waals surface area contributed by atoms with E-state index in [0.717, 1.165) is 37.3 Å². The van der Waals surface area contributed by atoms with Gasteiger partial charge >= 0.3 is 5.69 Å². The van der Waals surface area contributed by atoms with Crippen LogP contribution in [0.5, 0.6) is 0 Å². The van der Waals surface area contributed by atoms with Gasteiger partial charge in [0.15, 0.2) is 0 Å². The minimum Gasteiger partial charge on any atom is -0.341 e. The van der Waals surface area contributed by atoms with Crippen LogP contribution in [0.25, 0.3) is 0 Å². The molecule has 2 aliphatic rings. The van der Waals surface area contributed by atoms with Crippen molar-refractivity contribution in [3.63, 3.8) is 0 Å². The van der Waals surface area contributed by atoms with E-state index in [1.807, 2.05) is 36.1 Å². The smallest absolute Gasteiger partial charge is 0.341 e. The van der Waals surface area contributed by atoms with E-state index in [2.05, 4.69) is 5.10 Å². The van der Waals surface area contributed by atoms with Crippen molar-refractivity contribution in [1.29, 1.82) is 0 Å². The molecule has 0 aliphatic carbocycles. The zero-order valence-electron chi connectivity index (χ0n) is 13.9. The number of rotatable bonds is 3. The first-order valence-electron chi connectivity index (χ1n) is 8.66. The topological polar surface area (TPSA) is 60.1 Å². The third kappa shape index (κ3) is 2.56. The maximum absolute atomic E-state index is 12.8. The van der Waals surface area contributed by atoms with Crippen LogP contribution in [0, 0.1) is 6.92 Å². The summed E-state index contributed by atoms with van der Waals surface area (Å²) >= 11 is 0. The van der Waals surface area contributed by atoms with Gasteiger partial charge in [0.1, 0.15) is 11.9 Å². The van der Waals surface area contributed by atoms with Crippen molar-refractivity contribution >= 4 is 5.91 Å². The van der Waals surface area contributed by atoms with Crippen molar-refractivity contribution in [3.8, 4) is 0 Å². The summed E-state index contributed by atoms with van der Waals surface area (Å²) in [6.07, 6.45) is 3.51. The van der Waals surface area contributed by atoms with E-state index in [1.54, 1.807) is 4.57 Å². The van der Waals surface area contributed by atoms with E-state index in [-0.39, 0.29) is 17.6 Å². The molecule has 0 bridgehead atoms. The van der Waals surface area contributed by atoms with Crippen LogP contribution >= 0.6 is 0 Å². The Labute approximate surface area is 140 Å². The number of likely N-dealkylation sites (tertiary alicyclic amines) is 1. The van der Waals surface area contributed by atoms with Crippen molar-refractivity contribution in [2.24, 2.45) is 0 Å². The number of fused-ring (bicyclic) bond motifs is 1. The first kappa shape index (κ1) is 15.2. The fourth-order valence-corrected chi connectivity index (χ4v) is 3.70. The summed E-state index contributed by atoms with van der Waals surface area (Å²) in [7, 11) is 0. The Morgan fingerprint density at radius 1 is 1.21 bits per heavy atom. The Balaban J connectivity index is 1.60. The highest BCUT2D eigenvalue weighted by Crippen LogP contribution is 2.26. The summed E-state index contributed by atoms with van der Waals surface area (Å²) < 4.78 is 3.11. The van der Waals surface area contributed by atoms with Crippen molar-refractivity contribution < 1.29 is 4.79 Å². The average Bonchev–Trinajstić information content (AvgIpc) is 3.29. The molecular weight excluding hydrogens is 304 g/mol. The Bertz CT molecular complexity index is 813. The van der Waals surface area contributed by atoms with Crippen molar-refractivity contribution in [3.05, 3.63) is 51.7 Å². The number of benzene rings is 1. The first-order chi connectivity index (χ1) is 11.6. The number of aryl methyl sites for hydroxylation is 2. The number of carbonyl (C=O) groups excluding carboxylic acids is 1. The highest BCUT2D eigenvalue weighted by atomic mass is 16.2. The summed E-state index contributed by atoms with van der Waals surface area (Å²) in [5.74, 6) is 0.827. The monoisotopic (exact) mass is 326 g/mol. The lowest BCUT2D eigenvalue weighted by molar-refractivity contribution is -0.133. The average molecular weight is 326 g/mol. The molecule has 1 saturated heterocycles. The summed E-state index contributed by atoms with van der Waals surface area (Å²) in [6.45, 7) is 4.12. The number of hydrogen-bond acceptors (Lipinski definition) is 3. The predicted octanol–water partition coefficient (Wildman–Crippen LogP) is 1.51. The highest BCUT2D eigenvalue weighted by molar-refractivity contribution is 5.81.